The number of amides is 1. The fourth-order valence-corrected chi connectivity index (χ4v) is 4.03. The van der Waals surface area contributed by atoms with Crippen LogP contribution in [0.2, 0.25) is 5.02 Å². The van der Waals surface area contributed by atoms with Crippen molar-refractivity contribution in [2.45, 2.75) is 19.4 Å². The number of benzene rings is 2. The van der Waals surface area contributed by atoms with E-state index in [0.717, 1.165) is 22.7 Å². The second-order valence-corrected chi connectivity index (χ2v) is 8.99. The Morgan fingerprint density at radius 2 is 2.00 bits per heavy atom. The third kappa shape index (κ3) is 5.33. The largest absolute Gasteiger partial charge is 0.492 e. The fraction of sp³-hybridized carbons (Fsp3) is 0.350. The van der Waals surface area contributed by atoms with Gasteiger partial charge < -0.3 is 14.8 Å². The van der Waals surface area contributed by atoms with Crippen molar-refractivity contribution in [3.05, 3.63) is 53.1 Å². The molecular weight excluding hydrogens is 416 g/mol. The molecule has 0 bridgehead atoms. The van der Waals surface area contributed by atoms with Crippen molar-refractivity contribution in [2.24, 2.45) is 0 Å². The zero-order chi connectivity index (χ0) is 21.0. The molecule has 0 unspecified atom stereocenters. The molecule has 2 aromatic rings. The number of carbonyl (C=O) groups excluding carboxylic acids is 1. The molecular formula is C20H23ClN2O5S. The summed E-state index contributed by atoms with van der Waals surface area (Å²) in [5.74, 6) is 0.599. The number of nitrogens with one attached hydrogen (secondary N) is 1. The van der Waals surface area contributed by atoms with Gasteiger partial charge in [-0.3, -0.25) is 9.10 Å². The van der Waals surface area contributed by atoms with Gasteiger partial charge in [0.05, 0.1) is 25.0 Å². The van der Waals surface area contributed by atoms with Crippen LogP contribution in [0.1, 0.15) is 12.5 Å². The summed E-state index contributed by atoms with van der Waals surface area (Å²) >= 11 is 5.97. The SMILES string of the molecule is CCc1ccc(OCCNC(=O)[C@@H]2CN(S(C)(=O)=O)c3cc(Cl)ccc3O2)cc1. The number of halogens is 1. The Hall–Kier alpha value is -2.45. The third-order valence-electron chi connectivity index (χ3n) is 4.48. The molecule has 3 rings (SSSR count). The number of hydrogen-bond acceptors (Lipinski definition) is 5. The molecule has 0 saturated carbocycles. The van der Waals surface area contributed by atoms with E-state index in [2.05, 4.69) is 12.2 Å². The van der Waals surface area contributed by atoms with E-state index in [1.54, 1.807) is 12.1 Å². The first-order valence-corrected chi connectivity index (χ1v) is 11.4. The van der Waals surface area contributed by atoms with Crippen molar-refractivity contribution in [1.82, 2.24) is 5.32 Å². The van der Waals surface area contributed by atoms with Gasteiger partial charge in [0, 0.05) is 5.02 Å². The quantitative estimate of drug-likeness (QED) is 0.672. The van der Waals surface area contributed by atoms with Gasteiger partial charge in [0.2, 0.25) is 10.0 Å². The van der Waals surface area contributed by atoms with Crippen molar-refractivity contribution in [1.29, 1.82) is 0 Å². The van der Waals surface area contributed by atoms with Crippen molar-refractivity contribution in [3.63, 3.8) is 0 Å². The Morgan fingerprint density at radius 3 is 2.66 bits per heavy atom. The maximum Gasteiger partial charge on any atom is 0.263 e. The molecule has 0 fully saturated rings. The predicted octanol–water partition coefficient (Wildman–Crippen LogP) is 2.62. The second-order valence-electron chi connectivity index (χ2n) is 6.65. The van der Waals surface area contributed by atoms with Crippen LogP contribution in [-0.2, 0) is 21.2 Å². The van der Waals surface area contributed by atoms with Crippen molar-refractivity contribution in [2.75, 3.05) is 30.3 Å². The van der Waals surface area contributed by atoms with Crippen molar-refractivity contribution in [3.8, 4) is 11.5 Å². The van der Waals surface area contributed by atoms with E-state index in [4.69, 9.17) is 21.1 Å². The van der Waals surface area contributed by atoms with Crippen LogP contribution >= 0.6 is 11.6 Å². The normalized spacial score (nSPS) is 16.0. The van der Waals surface area contributed by atoms with Crippen LogP contribution in [0.5, 0.6) is 11.5 Å². The standard InChI is InChI=1S/C20H23ClN2O5S/c1-3-14-4-7-16(8-5-14)27-11-10-22-20(24)19-13-23(29(2,25)26)17-12-15(21)6-9-18(17)28-19/h4-9,12,19H,3,10-11,13H2,1-2H3,(H,22,24)/t19-/m0/s1. The summed E-state index contributed by atoms with van der Waals surface area (Å²) in [5, 5.41) is 3.11. The van der Waals surface area contributed by atoms with E-state index in [-0.39, 0.29) is 19.7 Å². The number of ether oxygens (including phenoxy) is 2. The third-order valence-corrected chi connectivity index (χ3v) is 5.87. The minimum absolute atomic E-state index is 0.128. The highest BCUT2D eigenvalue weighted by atomic mass is 35.5. The summed E-state index contributed by atoms with van der Waals surface area (Å²) in [5.41, 5.74) is 1.54. The lowest BCUT2D eigenvalue weighted by Crippen LogP contribution is -2.51. The molecule has 156 valence electrons. The van der Waals surface area contributed by atoms with E-state index in [0.29, 0.717) is 16.5 Å². The summed E-state index contributed by atoms with van der Waals surface area (Å²) in [6.45, 7) is 2.50. The molecule has 1 aliphatic rings. The van der Waals surface area contributed by atoms with Crippen LogP contribution in [-0.4, -0.2) is 46.4 Å². The molecule has 1 atom stereocenters. The first-order valence-electron chi connectivity index (χ1n) is 9.21. The first kappa shape index (κ1) is 21.3. The molecule has 0 spiro atoms. The van der Waals surface area contributed by atoms with Gasteiger partial charge in [-0.1, -0.05) is 30.7 Å². The lowest BCUT2D eigenvalue weighted by Gasteiger charge is -2.34. The number of nitrogens with zero attached hydrogens (tertiary/aromatic N) is 1. The van der Waals surface area contributed by atoms with Gasteiger partial charge in [0.1, 0.15) is 18.1 Å². The molecule has 0 saturated heterocycles. The van der Waals surface area contributed by atoms with Gasteiger partial charge in [0.15, 0.2) is 6.10 Å². The molecule has 29 heavy (non-hydrogen) atoms. The molecule has 1 aliphatic heterocycles. The highest BCUT2D eigenvalue weighted by Gasteiger charge is 2.35. The molecule has 7 nitrogen and oxygen atoms in total. The Bertz CT molecular complexity index is 979. The van der Waals surface area contributed by atoms with Gasteiger partial charge in [-0.25, -0.2) is 8.42 Å². The molecule has 0 aliphatic carbocycles. The molecule has 1 heterocycles. The Balaban J connectivity index is 1.58. The number of aryl methyl sites for hydroxylation is 1. The second kappa shape index (κ2) is 8.92. The van der Waals surface area contributed by atoms with Crippen LogP contribution in [0.3, 0.4) is 0 Å². The van der Waals surface area contributed by atoms with Crippen LogP contribution in [0.4, 0.5) is 5.69 Å². The van der Waals surface area contributed by atoms with Gasteiger partial charge in [-0.15, -0.1) is 0 Å². The smallest absolute Gasteiger partial charge is 0.263 e. The fourth-order valence-electron chi connectivity index (χ4n) is 2.95. The zero-order valence-electron chi connectivity index (χ0n) is 16.2. The van der Waals surface area contributed by atoms with Gasteiger partial charge in [-0.2, -0.15) is 0 Å². The average Bonchev–Trinajstić information content (AvgIpc) is 2.70. The lowest BCUT2D eigenvalue weighted by atomic mass is 10.2. The van der Waals surface area contributed by atoms with Crippen LogP contribution in [0, 0.1) is 0 Å². The Morgan fingerprint density at radius 1 is 1.28 bits per heavy atom. The average molecular weight is 439 g/mol. The molecule has 1 N–H and O–H groups in total. The summed E-state index contributed by atoms with van der Waals surface area (Å²) in [6.07, 6.45) is 1.06. The monoisotopic (exact) mass is 438 g/mol. The predicted molar refractivity (Wildman–Crippen MR) is 112 cm³/mol. The topological polar surface area (TPSA) is 84.9 Å². The summed E-state index contributed by atoms with van der Waals surface area (Å²) in [7, 11) is -3.60. The number of anilines is 1. The zero-order valence-corrected chi connectivity index (χ0v) is 17.8. The van der Waals surface area contributed by atoms with Crippen LogP contribution < -0.4 is 19.1 Å². The van der Waals surface area contributed by atoms with Crippen molar-refractivity contribution >= 4 is 33.2 Å². The maximum atomic E-state index is 12.5. The summed E-state index contributed by atoms with van der Waals surface area (Å²) in [4.78, 5) is 12.5. The van der Waals surface area contributed by atoms with Gasteiger partial charge >= 0.3 is 0 Å². The molecule has 2 aromatic carbocycles. The van der Waals surface area contributed by atoms with E-state index in [9.17, 15) is 13.2 Å². The van der Waals surface area contributed by atoms with E-state index >= 15 is 0 Å². The Kier molecular flexibility index (Phi) is 6.54. The number of hydrogen-bond donors (Lipinski definition) is 1. The molecule has 0 aromatic heterocycles. The summed E-state index contributed by atoms with van der Waals surface area (Å²) < 4.78 is 36.8. The minimum atomic E-state index is -3.60. The van der Waals surface area contributed by atoms with Crippen LogP contribution in [0.15, 0.2) is 42.5 Å². The summed E-state index contributed by atoms with van der Waals surface area (Å²) in [6, 6.07) is 12.4. The van der Waals surface area contributed by atoms with Gasteiger partial charge in [-0.05, 0) is 42.3 Å². The van der Waals surface area contributed by atoms with Gasteiger partial charge in [0.25, 0.3) is 5.91 Å². The molecule has 1 amide bonds. The number of rotatable bonds is 7. The molecule has 9 heteroatoms. The lowest BCUT2D eigenvalue weighted by molar-refractivity contribution is -0.127. The van der Waals surface area contributed by atoms with E-state index in [1.807, 2.05) is 24.3 Å². The highest BCUT2D eigenvalue weighted by Crippen LogP contribution is 2.37. The van der Waals surface area contributed by atoms with Crippen LogP contribution in [0.25, 0.3) is 0 Å². The highest BCUT2D eigenvalue weighted by molar-refractivity contribution is 7.92. The minimum Gasteiger partial charge on any atom is -0.492 e. The van der Waals surface area contributed by atoms with Crippen molar-refractivity contribution < 1.29 is 22.7 Å². The van der Waals surface area contributed by atoms with E-state index < -0.39 is 22.0 Å². The Labute approximate surface area is 175 Å². The molecule has 0 radical (unpaired) electrons. The maximum absolute atomic E-state index is 12.5. The van der Waals surface area contributed by atoms with E-state index in [1.165, 1.54) is 11.6 Å². The number of sulfonamides is 1. The number of carbonyl (C=O) groups is 1. The first-order chi connectivity index (χ1) is 13.8. The number of fused-ring (bicyclic) bond motifs is 1.